The number of aromatic nitrogens is 3. The number of H-pyrrole nitrogens is 1. The molecule has 5 rings (SSSR count). The summed E-state index contributed by atoms with van der Waals surface area (Å²) in [5.41, 5.74) is 1.25. The Morgan fingerprint density at radius 3 is 2.68 bits per heavy atom. The SMILES string of the molecule is Cn1[nH]c(C2CC2)c(C(=O)c2ccc3nccc(Oc4ccc(F)cc4F)c3c2)c1=O. The van der Waals surface area contributed by atoms with Crippen molar-refractivity contribution in [3.8, 4) is 11.5 Å². The number of pyridine rings is 1. The molecule has 1 fully saturated rings. The second kappa shape index (κ2) is 7.16. The maximum absolute atomic E-state index is 14.1. The van der Waals surface area contributed by atoms with Crippen LogP contribution < -0.4 is 10.3 Å². The van der Waals surface area contributed by atoms with Gasteiger partial charge in [0.1, 0.15) is 17.1 Å². The summed E-state index contributed by atoms with van der Waals surface area (Å²) < 4.78 is 34.2. The molecule has 0 spiro atoms. The molecule has 0 radical (unpaired) electrons. The van der Waals surface area contributed by atoms with Crippen LogP contribution in [0.15, 0.2) is 53.5 Å². The molecule has 4 aromatic rings. The van der Waals surface area contributed by atoms with Gasteiger partial charge in [-0.1, -0.05) is 0 Å². The van der Waals surface area contributed by atoms with Crippen molar-refractivity contribution in [2.75, 3.05) is 0 Å². The van der Waals surface area contributed by atoms with Crippen molar-refractivity contribution < 1.29 is 18.3 Å². The van der Waals surface area contributed by atoms with Crippen LogP contribution in [0.1, 0.15) is 40.4 Å². The summed E-state index contributed by atoms with van der Waals surface area (Å²) in [6, 6.07) is 9.37. The lowest BCUT2D eigenvalue weighted by Crippen LogP contribution is -2.19. The van der Waals surface area contributed by atoms with Gasteiger partial charge in [0, 0.05) is 36.2 Å². The molecule has 1 N–H and O–H groups in total. The van der Waals surface area contributed by atoms with E-state index in [-0.39, 0.29) is 28.5 Å². The predicted octanol–water partition coefficient (Wildman–Crippen LogP) is 4.44. The third kappa shape index (κ3) is 3.39. The summed E-state index contributed by atoms with van der Waals surface area (Å²) in [6.07, 6.45) is 3.36. The third-order valence-corrected chi connectivity index (χ3v) is 5.37. The summed E-state index contributed by atoms with van der Waals surface area (Å²) in [7, 11) is 1.58. The molecule has 0 bridgehead atoms. The number of ether oxygens (including phenoxy) is 1. The largest absolute Gasteiger partial charge is 0.454 e. The number of aromatic amines is 1. The minimum absolute atomic E-state index is 0.139. The average Bonchev–Trinajstić information content (AvgIpc) is 3.55. The highest BCUT2D eigenvalue weighted by Gasteiger charge is 2.33. The van der Waals surface area contributed by atoms with Crippen LogP contribution in [0.2, 0.25) is 0 Å². The number of benzene rings is 2. The first-order valence-electron chi connectivity index (χ1n) is 9.77. The highest BCUT2D eigenvalue weighted by Crippen LogP contribution is 2.40. The Hall–Kier alpha value is -3.81. The van der Waals surface area contributed by atoms with Gasteiger partial charge < -0.3 is 4.74 Å². The number of fused-ring (bicyclic) bond motifs is 1. The van der Waals surface area contributed by atoms with Gasteiger partial charge in [-0.25, -0.2) is 8.78 Å². The summed E-state index contributed by atoms with van der Waals surface area (Å²) in [5, 5.41) is 3.46. The summed E-state index contributed by atoms with van der Waals surface area (Å²) >= 11 is 0. The number of carbonyl (C=O) groups is 1. The zero-order chi connectivity index (χ0) is 21.7. The van der Waals surface area contributed by atoms with Crippen LogP contribution >= 0.6 is 0 Å². The molecule has 0 aliphatic heterocycles. The lowest BCUT2D eigenvalue weighted by Gasteiger charge is -2.10. The molecule has 1 aliphatic rings. The van der Waals surface area contributed by atoms with Gasteiger partial charge in [0.25, 0.3) is 5.56 Å². The molecule has 0 amide bonds. The predicted molar refractivity (Wildman–Crippen MR) is 110 cm³/mol. The zero-order valence-corrected chi connectivity index (χ0v) is 16.5. The fraction of sp³-hybridized carbons (Fsp3) is 0.174. The Balaban J connectivity index is 1.58. The molecule has 1 saturated carbocycles. The molecule has 31 heavy (non-hydrogen) atoms. The van der Waals surface area contributed by atoms with Gasteiger partial charge in [-0.2, -0.15) is 0 Å². The van der Waals surface area contributed by atoms with Crippen molar-refractivity contribution in [1.29, 1.82) is 0 Å². The van der Waals surface area contributed by atoms with Gasteiger partial charge in [0.05, 0.1) is 11.2 Å². The van der Waals surface area contributed by atoms with E-state index in [4.69, 9.17) is 4.74 Å². The van der Waals surface area contributed by atoms with Crippen LogP contribution in [-0.2, 0) is 7.05 Å². The number of nitrogens with one attached hydrogen (secondary N) is 1. The number of rotatable bonds is 5. The van der Waals surface area contributed by atoms with E-state index in [0.29, 0.717) is 22.2 Å². The molecule has 1 aliphatic carbocycles. The first-order valence-corrected chi connectivity index (χ1v) is 9.77. The van der Waals surface area contributed by atoms with Gasteiger partial charge in [-0.05, 0) is 49.2 Å². The standard InChI is InChI=1S/C23H17F2N3O3/c1-28-23(30)20(21(27-28)12-2-3-12)22(29)13-4-6-17-15(10-13)18(8-9-26-17)31-19-7-5-14(24)11-16(19)25/h4-12,27H,2-3H2,1H3. The molecule has 6 nitrogen and oxygen atoms in total. The first-order chi connectivity index (χ1) is 14.9. The molecule has 156 valence electrons. The molecule has 2 aromatic heterocycles. The Labute approximate surface area is 175 Å². The molecule has 0 unspecified atom stereocenters. The van der Waals surface area contributed by atoms with Crippen LogP contribution in [-0.4, -0.2) is 20.5 Å². The molecule has 0 atom stereocenters. The van der Waals surface area contributed by atoms with E-state index in [2.05, 4.69) is 10.1 Å². The minimum atomic E-state index is -0.845. The smallest absolute Gasteiger partial charge is 0.277 e. The van der Waals surface area contributed by atoms with Gasteiger partial charge in [0.2, 0.25) is 5.78 Å². The highest BCUT2D eigenvalue weighted by molar-refractivity contribution is 6.11. The average molecular weight is 421 g/mol. The second-order valence-corrected chi connectivity index (χ2v) is 7.59. The maximum atomic E-state index is 14.1. The maximum Gasteiger partial charge on any atom is 0.277 e. The lowest BCUT2D eigenvalue weighted by atomic mass is 10.00. The fourth-order valence-electron chi connectivity index (χ4n) is 3.63. The molecule has 2 aromatic carbocycles. The molecule has 8 heteroatoms. The van der Waals surface area contributed by atoms with Crippen molar-refractivity contribution in [1.82, 2.24) is 14.8 Å². The first kappa shape index (κ1) is 19.2. The Bertz CT molecular complexity index is 1400. The second-order valence-electron chi connectivity index (χ2n) is 7.59. The molecule has 2 heterocycles. The lowest BCUT2D eigenvalue weighted by molar-refractivity contribution is 0.103. The number of carbonyl (C=O) groups excluding carboxylic acids is 1. The van der Waals surface area contributed by atoms with E-state index >= 15 is 0 Å². The number of hydrogen-bond acceptors (Lipinski definition) is 4. The highest BCUT2D eigenvalue weighted by atomic mass is 19.1. The molecular weight excluding hydrogens is 404 g/mol. The Kier molecular flexibility index (Phi) is 4.43. The quantitative estimate of drug-likeness (QED) is 0.484. The molecular formula is C23H17F2N3O3. The van der Waals surface area contributed by atoms with E-state index in [0.717, 1.165) is 25.0 Å². The van der Waals surface area contributed by atoms with Crippen molar-refractivity contribution in [3.63, 3.8) is 0 Å². The van der Waals surface area contributed by atoms with E-state index < -0.39 is 17.4 Å². The van der Waals surface area contributed by atoms with Crippen LogP contribution in [0.3, 0.4) is 0 Å². The number of halogens is 2. The number of ketones is 1. The number of hydrogen-bond donors (Lipinski definition) is 1. The summed E-state index contributed by atoms with van der Waals surface area (Å²) in [4.78, 5) is 30.1. The zero-order valence-electron chi connectivity index (χ0n) is 16.5. The van der Waals surface area contributed by atoms with Crippen molar-refractivity contribution in [2.45, 2.75) is 18.8 Å². The molecule has 0 saturated heterocycles. The van der Waals surface area contributed by atoms with Gasteiger partial charge in [0.15, 0.2) is 11.6 Å². The van der Waals surface area contributed by atoms with E-state index in [1.807, 2.05) is 0 Å². The van der Waals surface area contributed by atoms with Crippen LogP contribution in [0.25, 0.3) is 10.9 Å². The van der Waals surface area contributed by atoms with Crippen LogP contribution in [0, 0.1) is 11.6 Å². The van der Waals surface area contributed by atoms with Crippen molar-refractivity contribution in [2.24, 2.45) is 7.05 Å². The summed E-state index contributed by atoms with van der Waals surface area (Å²) in [5.74, 6) is -1.65. The normalized spacial score (nSPS) is 13.5. The van der Waals surface area contributed by atoms with E-state index in [9.17, 15) is 18.4 Å². The Morgan fingerprint density at radius 1 is 1.13 bits per heavy atom. The number of nitrogens with zero attached hydrogens (tertiary/aromatic N) is 2. The monoisotopic (exact) mass is 421 g/mol. The van der Waals surface area contributed by atoms with Gasteiger partial charge in [-0.15, -0.1) is 0 Å². The van der Waals surface area contributed by atoms with Gasteiger partial charge >= 0.3 is 0 Å². The van der Waals surface area contributed by atoms with Crippen molar-refractivity contribution >= 4 is 16.7 Å². The van der Waals surface area contributed by atoms with Crippen molar-refractivity contribution in [3.05, 3.63) is 87.5 Å². The summed E-state index contributed by atoms with van der Waals surface area (Å²) in [6.45, 7) is 0. The number of aryl methyl sites for hydroxylation is 1. The van der Waals surface area contributed by atoms with E-state index in [1.165, 1.54) is 23.0 Å². The van der Waals surface area contributed by atoms with Gasteiger partial charge in [-0.3, -0.25) is 24.4 Å². The third-order valence-electron chi connectivity index (χ3n) is 5.37. The topological polar surface area (TPSA) is 77.0 Å². The Morgan fingerprint density at radius 2 is 1.94 bits per heavy atom. The fourth-order valence-corrected chi connectivity index (χ4v) is 3.63. The van der Waals surface area contributed by atoms with Crippen LogP contribution in [0.4, 0.5) is 8.78 Å². The van der Waals surface area contributed by atoms with E-state index in [1.54, 1.807) is 25.2 Å². The minimum Gasteiger partial charge on any atom is -0.454 e. The van der Waals surface area contributed by atoms with Crippen LogP contribution in [0.5, 0.6) is 11.5 Å².